The molecule has 0 aliphatic carbocycles. The fraction of sp³-hybridized carbons (Fsp3) is 0.462. The maximum Gasteiger partial charge on any atom is 0.242 e. The molecule has 7 heteroatoms. The number of nitrogens with one attached hydrogen (secondary N) is 1. The lowest BCUT2D eigenvalue weighted by molar-refractivity contribution is 0.0774. The van der Waals surface area contributed by atoms with Crippen molar-refractivity contribution in [3.05, 3.63) is 24.0 Å². The van der Waals surface area contributed by atoms with Crippen molar-refractivity contribution in [1.29, 1.82) is 0 Å². The van der Waals surface area contributed by atoms with Crippen molar-refractivity contribution in [3.8, 4) is 11.8 Å². The summed E-state index contributed by atoms with van der Waals surface area (Å²) in [6.07, 6.45) is 4.44. The molecule has 1 saturated heterocycles. The standard InChI is InChI=1S/C13H17N3O3S/c14-5-1-3-11-7-13(9-15-8-11)20(17,18)16-12-4-2-6-19-10-12/h7-9,12,16H,2,4-6,10,14H2. The van der Waals surface area contributed by atoms with Gasteiger partial charge in [-0.2, -0.15) is 0 Å². The highest BCUT2D eigenvalue weighted by molar-refractivity contribution is 7.89. The lowest BCUT2D eigenvalue weighted by Gasteiger charge is -2.22. The minimum absolute atomic E-state index is 0.104. The first-order chi connectivity index (χ1) is 9.62. The summed E-state index contributed by atoms with van der Waals surface area (Å²) in [6.45, 7) is 1.30. The quantitative estimate of drug-likeness (QED) is 0.756. The molecule has 0 radical (unpaired) electrons. The van der Waals surface area contributed by atoms with E-state index in [4.69, 9.17) is 10.5 Å². The molecule has 2 heterocycles. The van der Waals surface area contributed by atoms with Crippen LogP contribution < -0.4 is 10.5 Å². The summed E-state index contributed by atoms with van der Waals surface area (Å²) < 4.78 is 32.4. The van der Waals surface area contributed by atoms with Crippen LogP contribution in [0.4, 0.5) is 0 Å². The molecule has 0 spiro atoms. The number of aromatic nitrogens is 1. The van der Waals surface area contributed by atoms with Gasteiger partial charge in [0.05, 0.1) is 13.2 Å². The van der Waals surface area contributed by atoms with E-state index in [1.54, 1.807) is 0 Å². The van der Waals surface area contributed by atoms with Crippen LogP contribution in [0.25, 0.3) is 0 Å². The van der Waals surface area contributed by atoms with Crippen LogP contribution in [0, 0.1) is 11.8 Å². The number of hydrogen-bond acceptors (Lipinski definition) is 5. The molecule has 1 aliphatic rings. The van der Waals surface area contributed by atoms with Gasteiger partial charge in [0, 0.05) is 30.6 Å². The van der Waals surface area contributed by atoms with Gasteiger partial charge in [-0.25, -0.2) is 13.1 Å². The monoisotopic (exact) mass is 295 g/mol. The highest BCUT2D eigenvalue weighted by Gasteiger charge is 2.22. The number of hydrogen-bond donors (Lipinski definition) is 2. The summed E-state index contributed by atoms with van der Waals surface area (Å²) in [5.74, 6) is 5.43. The molecular weight excluding hydrogens is 278 g/mol. The molecule has 108 valence electrons. The summed E-state index contributed by atoms with van der Waals surface area (Å²) in [7, 11) is -3.60. The number of nitrogens with two attached hydrogens (primary N) is 1. The van der Waals surface area contributed by atoms with Gasteiger partial charge in [0.1, 0.15) is 4.90 Å². The smallest absolute Gasteiger partial charge is 0.242 e. The Kier molecular flexibility index (Phi) is 5.09. The second-order valence-electron chi connectivity index (χ2n) is 4.45. The first-order valence-electron chi connectivity index (χ1n) is 6.36. The fourth-order valence-corrected chi connectivity index (χ4v) is 3.15. The molecule has 0 aromatic carbocycles. The van der Waals surface area contributed by atoms with Gasteiger partial charge < -0.3 is 10.5 Å². The van der Waals surface area contributed by atoms with Gasteiger partial charge >= 0.3 is 0 Å². The van der Waals surface area contributed by atoms with E-state index in [9.17, 15) is 8.42 Å². The van der Waals surface area contributed by atoms with Crippen molar-refractivity contribution >= 4 is 10.0 Å². The number of rotatable bonds is 3. The number of pyridine rings is 1. The Bertz CT molecular complexity index is 613. The van der Waals surface area contributed by atoms with Crippen LogP contribution in [0.1, 0.15) is 18.4 Å². The minimum atomic E-state index is -3.60. The Hall–Kier alpha value is -1.46. The van der Waals surface area contributed by atoms with Crippen LogP contribution >= 0.6 is 0 Å². The molecule has 0 amide bonds. The van der Waals surface area contributed by atoms with Gasteiger partial charge in [0.15, 0.2) is 0 Å². The predicted molar refractivity (Wildman–Crippen MR) is 74.3 cm³/mol. The van der Waals surface area contributed by atoms with E-state index in [0.29, 0.717) is 18.8 Å². The third kappa shape index (κ3) is 4.02. The van der Waals surface area contributed by atoms with Gasteiger partial charge in [0.2, 0.25) is 10.0 Å². The van der Waals surface area contributed by atoms with Gasteiger partial charge in [0.25, 0.3) is 0 Å². The molecule has 3 N–H and O–H groups in total. The lowest BCUT2D eigenvalue weighted by Crippen LogP contribution is -2.40. The third-order valence-electron chi connectivity index (χ3n) is 2.84. The van der Waals surface area contributed by atoms with E-state index in [-0.39, 0.29) is 17.5 Å². The van der Waals surface area contributed by atoms with Crippen molar-refractivity contribution in [3.63, 3.8) is 0 Å². The lowest BCUT2D eigenvalue weighted by atomic mass is 10.1. The van der Waals surface area contributed by atoms with E-state index in [1.165, 1.54) is 18.5 Å². The van der Waals surface area contributed by atoms with Crippen molar-refractivity contribution in [2.45, 2.75) is 23.8 Å². The average molecular weight is 295 g/mol. The van der Waals surface area contributed by atoms with Crippen LogP contribution in [0.3, 0.4) is 0 Å². The topological polar surface area (TPSA) is 94.3 Å². The normalized spacial score (nSPS) is 19.1. The highest BCUT2D eigenvalue weighted by Crippen LogP contribution is 2.13. The number of ether oxygens (including phenoxy) is 1. The van der Waals surface area contributed by atoms with Crippen LogP contribution in [0.5, 0.6) is 0 Å². The van der Waals surface area contributed by atoms with Gasteiger partial charge in [-0.05, 0) is 18.9 Å². The Labute approximate surface area is 118 Å². The van der Waals surface area contributed by atoms with Crippen molar-refractivity contribution < 1.29 is 13.2 Å². The van der Waals surface area contributed by atoms with E-state index in [2.05, 4.69) is 21.5 Å². The fourth-order valence-electron chi connectivity index (χ4n) is 1.91. The molecule has 1 atom stereocenters. The first kappa shape index (κ1) is 14.9. The first-order valence-corrected chi connectivity index (χ1v) is 7.84. The van der Waals surface area contributed by atoms with Crippen LogP contribution in [-0.4, -0.2) is 39.2 Å². The predicted octanol–water partition coefficient (Wildman–Crippen LogP) is -0.151. The molecule has 1 unspecified atom stereocenters. The van der Waals surface area contributed by atoms with Crippen molar-refractivity contribution in [2.75, 3.05) is 19.8 Å². The molecule has 2 rings (SSSR count). The van der Waals surface area contributed by atoms with E-state index in [1.807, 2.05) is 0 Å². The largest absolute Gasteiger partial charge is 0.380 e. The van der Waals surface area contributed by atoms with Crippen LogP contribution in [0.2, 0.25) is 0 Å². The Balaban J connectivity index is 2.16. The summed E-state index contributed by atoms with van der Waals surface area (Å²) in [4.78, 5) is 4.01. The second-order valence-corrected chi connectivity index (χ2v) is 6.16. The molecule has 1 fully saturated rings. The summed E-state index contributed by atoms with van der Waals surface area (Å²) >= 11 is 0. The highest BCUT2D eigenvalue weighted by atomic mass is 32.2. The summed E-state index contributed by atoms with van der Waals surface area (Å²) in [5.41, 5.74) is 5.81. The Morgan fingerprint density at radius 1 is 1.50 bits per heavy atom. The summed E-state index contributed by atoms with van der Waals surface area (Å²) in [6, 6.07) is 1.30. The van der Waals surface area contributed by atoms with E-state index >= 15 is 0 Å². The molecule has 1 aromatic rings. The van der Waals surface area contributed by atoms with E-state index < -0.39 is 10.0 Å². The molecule has 0 bridgehead atoms. The van der Waals surface area contributed by atoms with Crippen LogP contribution in [-0.2, 0) is 14.8 Å². The maximum atomic E-state index is 12.2. The van der Waals surface area contributed by atoms with Gasteiger partial charge in [-0.15, -0.1) is 0 Å². The molecule has 20 heavy (non-hydrogen) atoms. The zero-order chi connectivity index (χ0) is 14.4. The maximum absolute atomic E-state index is 12.2. The zero-order valence-electron chi connectivity index (χ0n) is 11.0. The minimum Gasteiger partial charge on any atom is -0.380 e. The number of sulfonamides is 1. The van der Waals surface area contributed by atoms with E-state index in [0.717, 1.165) is 12.8 Å². The number of nitrogens with zero attached hydrogens (tertiary/aromatic N) is 1. The molecular formula is C13H17N3O3S. The second kappa shape index (κ2) is 6.81. The van der Waals surface area contributed by atoms with Crippen molar-refractivity contribution in [1.82, 2.24) is 9.71 Å². The Morgan fingerprint density at radius 2 is 2.35 bits per heavy atom. The Morgan fingerprint density at radius 3 is 3.05 bits per heavy atom. The zero-order valence-corrected chi connectivity index (χ0v) is 11.8. The molecule has 6 nitrogen and oxygen atoms in total. The van der Waals surface area contributed by atoms with Gasteiger partial charge in [-0.1, -0.05) is 11.8 Å². The molecule has 1 aromatic heterocycles. The third-order valence-corrected chi connectivity index (χ3v) is 4.33. The van der Waals surface area contributed by atoms with Crippen LogP contribution in [0.15, 0.2) is 23.4 Å². The van der Waals surface area contributed by atoms with Crippen molar-refractivity contribution in [2.24, 2.45) is 5.73 Å². The average Bonchev–Trinajstić information content (AvgIpc) is 2.46. The molecule has 0 saturated carbocycles. The van der Waals surface area contributed by atoms with Gasteiger partial charge in [-0.3, -0.25) is 4.98 Å². The molecule has 1 aliphatic heterocycles. The summed E-state index contributed by atoms with van der Waals surface area (Å²) in [5, 5.41) is 0. The SMILES string of the molecule is NCC#Cc1cncc(S(=O)(=O)NC2CCCOC2)c1.